The van der Waals surface area contributed by atoms with E-state index in [1.807, 2.05) is 13.8 Å². The van der Waals surface area contributed by atoms with Crippen LogP contribution in [0.3, 0.4) is 0 Å². The lowest BCUT2D eigenvalue weighted by molar-refractivity contribution is -0.150. The van der Waals surface area contributed by atoms with Crippen LogP contribution in [0, 0.1) is 16.7 Å². The number of carbonyl (C=O) groups excluding carboxylic acids is 2. The molecule has 2 heterocycles. The lowest BCUT2D eigenvalue weighted by Crippen LogP contribution is -2.46. The highest BCUT2D eigenvalue weighted by Crippen LogP contribution is 2.49. The summed E-state index contributed by atoms with van der Waals surface area (Å²) in [6.07, 6.45) is 11.2. The molecule has 160 valence electrons. The van der Waals surface area contributed by atoms with Gasteiger partial charge >= 0.3 is 11.9 Å². The van der Waals surface area contributed by atoms with Crippen LogP contribution in [-0.2, 0) is 19.1 Å². The molecule has 5 heteroatoms. The Hall–Kier alpha value is -1.10. The Labute approximate surface area is 174 Å². The number of hydrogen-bond acceptors (Lipinski definition) is 5. The van der Waals surface area contributed by atoms with Crippen LogP contribution in [0.25, 0.3) is 0 Å². The number of hydrogen-bond donors (Lipinski definition) is 1. The zero-order chi connectivity index (χ0) is 28.9. The monoisotopic (exact) mass is 388 g/mol. The first kappa shape index (κ1) is 14.0. The minimum absolute atomic E-state index is 0. The minimum Gasteiger partial charge on any atom is -0.462 e. The van der Waals surface area contributed by atoms with Crippen LogP contribution in [0.4, 0.5) is 0 Å². The van der Waals surface area contributed by atoms with Crippen molar-refractivity contribution in [2.24, 2.45) is 22.5 Å². The van der Waals surface area contributed by atoms with Gasteiger partial charge in [0.2, 0.25) is 0 Å². The van der Waals surface area contributed by atoms with Gasteiger partial charge in [-0.1, -0.05) is 45.4 Å². The average Bonchev–Trinajstić information content (AvgIpc) is 3.29. The number of ether oxygens (including phenoxy) is 2. The third-order valence-electron chi connectivity index (χ3n) is 7.61. The van der Waals surface area contributed by atoms with Gasteiger partial charge in [-0.05, 0) is 39.5 Å². The zero-order valence-corrected chi connectivity index (χ0v) is 16.6. The van der Waals surface area contributed by atoms with Crippen LogP contribution in [-0.4, -0.2) is 30.2 Å². The van der Waals surface area contributed by atoms with Gasteiger partial charge in [-0.25, -0.2) is 0 Å². The van der Waals surface area contributed by atoms with E-state index >= 15 is 0 Å². The lowest BCUT2D eigenvalue weighted by atomic mass is 9.67. The lowest BCUT2D eigenvalue weighted by Gasteiger charge is -2.33. The van der Waals surface area contributed by atoms with Gasteiger partial charge in [0.25, 0.3) is 0 Å². The number of carbonyl (C=O) groups is 2. The molecular formula is C21H47NO4. The van der Waals surface area contributed by atoms with Crippen LogP contribution in [0.15, 0.2) is 0 Å². The highest BCUT2D eigenvalue weighted by molar-refractivity contribution is 5.80. The van der Waals surface area contributed by atoms with Crippen molar-refractivity contribution in [1.82, 2.24) is 0 Å². The van der Waals surface area contributed by atoms with E-state index < -0.39 is 0 Å². The van der Waals surface area contributed by atoms with E-state index in [1.165, 1.54) is 25.7 Å². The molecule has 0 amide bonds. The molecular weight excluding hydrogens is 330 g/mol. The van der Waals surface area contributed by atoms with E-state index in [0.29, 0.717) is 5.92 Å². The molecule has 4 fully saturated rings. The van der Waals surface area contributed by atoms with Crippen molar-refractivity contribution in [3.8, 4) is 0 Å². The number of cyclic esters (lactones) is 2. The van der Waals surface area contributed by atoms with Gasteiger partial charge < -0.3 is 15.2 Å². The van der Waals surface area contributed by atoms with Crippen molar-refractivity contribution < 1.29 is 35.3 Å². The molecule has 4 aliphatic rings. The molecule has 2 aliphatic heterocycles. The Morgan fingerprint density at radius 3 is 1.62 bits per heavy atom. The summed E-state index contributed by atoms with van der Waals surface area (Å²) >= 11 is 0. The SMILES string of the molecule is C[C@@H]1OC(=O)C2(CCCCC2)[C@@H]1C.C[C@@H]1OC(=O)C2(CCCCC2)[C@@H]1N.[2HH].[2H][2H].[2H][2H].[2H][2H].[2H][2H].[2H][2H]. The van der Waals surface area contributed by atoms with Crippen LogP contribution in [0.1, 0.15) is 101 Å². The third kappa shape index (κ3) is 3.17. The van der Waals surface area contributed by atoms with E-state index in [4.69, 9.17) is 30.1 Å². The van der Waals surface area contributed by atoms with Crippen molar-refractivity contribution in [3.05, 3.63) is 0 Å². The molecule has 4 atom stereocenters. The molecule has 2 saturated heterocycles. The minimum atomic E-state index is -0.322. The third-order valence-corrected chi connectivity index (χ3v) is 7.61. The quantitative estimate of drug-likeness (QED) is 0.577. The second-order valence-electron chi connectivity index (χ2n) is 8.97. The topological polar surface area (TPSA) is 78.6 Å². The molecule has 0 unspecified atom stereocenters. The van der Waals surface area contributed by atoms with Gasteiger partial charge in [-0.15, -0.1) is 0 Å². The van der Waals surface area contributed by atoms with E-state index in [0.717, 1.165) is 38.5 Å². The van der Waals surface area contributed by atoms with E-state index in [-0.39, 0.29) is 42.4 Å². The Kier molecular flexibility index (Phi) is 4.03. The van der Waals surface area contributed by atoms with Crippen molar-refractivity contribution in [2.75, 3.05) is 0 Å². The molecule has 2 N–H and O–H groups in total. The molecule has 2 aliphatic carbocycles. The maximum Gasteiger partial charge on any atom is 0.314 e. The fraction of sp³-hybridized carbons (Fsp3) is 0.905. The smallest absolute Gasteiger partial charge is 0.314 e. The maximum absolute atomic E-state index is 11.7. The van der Waals surface area contributed by atoms with Gasteiger partial charge in [0.05, 0.1) is 16.9 Å². The van der Waals surface area contributed by atoms with Crippen LogP contribution < -0.4 is 5.73 Å². The Morgan fingerprint density at radius 1 is 0.808 bits per heavy atom. The highest BCUT2D eigenvalue weighted by atomic mass is 16.6. The molecule has 5 nitrogen and oxygen atoms in total. The van der Waals surface area contributed by atoms with Gasteiger partial charge in [0, 0.05) is 22.2 Å². The van der Waals surface area contributed by atoms with Crippen molar-refractivity contribution in [3.63, 3.8) is 0 Å². The molecule has 0 radical (unpaired) electrons. The van der Waals surface area contributed by atoms with Crippen molar-refractivity contribution in [1.29, 1.82) is 0 Å². The molecule has 0 bridgehead atoms. The van der Waals surface area contributed by atoms with Crippen LogP contribution in [0.2, 0.25) is 0 Å². The van der Waals surface area contributed by atoms with Crippen LogP contribution >= 0.6 is 0 Å². The zero-order valence-electron chi connectivity index (χ0n) is 26.6. The molecule has 0 aromatic heterocycles. The van der Waals surface area contributed by atoms with Gasteiger partial charge in [0.15, 0.2) is 0 Å². The van der Waals surface area contributed by atoms with E-state index in [2.05, 4.69) is 6.92 Å². The molecule has 2 spiro atoms. The van der Waals surface area contributed by atoms with Crippen LogP contribution in [0.5, 0.6) is 0 Å². The summed E-state index contributed by atoms with van der Waals surface area (Å²) in [5, 5.41) is 0. The van der Waals surface area contributed by atoms with E-state index in [1.54, 1.807) is 0 Å². The number of nitrogens with two attached hydrogens (primary N) is 1. The summed E-state index contributed by atoms with van der Waals surface area (Å²) in [6.45, 7) is 6.08. The largest absolute Gasteiger partial charge is 0.462 e. The first-order chi connectivity index (χ1) is 17.3. The fourth-order valence-electron chi connectivity index (χ4n) is 5.53. The van der Waals surface area contributed by atoms with Crippen molar-refractivity contribution >= 4 is 11.9 Å². The standard InChI is InChI=1S/C11H18O2.C10H17NO2.6H2/c1-8-9(2)13-10(12)11(8)6-4-3-5-7-11;1-7-8(11)10(9(12)13-7)5-3-2-4-6-10;;;;;;/h8-9H,3-7H2,1-2H3;7-8H,2-6,11H2,1H3;6*1H/t8-,9+;7-,8+;;;;;;/m10....../s1/i;;5*1+1D;1+1. The average molecular weight is 389 g/mol. The number of rotatable bonds is 0. The van der Waals surface area contributed by atoms with Gasteiger partial charge in [-0.2, -0.15) is 0 Å². The first-order valence-electron chi connectivity index (χ1n) is 15.5. The van der Waals surface area contributed by atoms with Gasteiger partial charge in [0.1, 0.15) is 12.2 Å². The second kappa shape index (κ2) is 7.49. The molecule has 26 heavy (non-hydrogen) atoms. The summed E-state index contributed by atoms with van der Waals surface area (Å²) in [4.78, 5) is 23.4. The predicted octanol–water partition coefficient (Wildman–Crippen LogP) is 5.20. The summed E-state index contributed by atoms with van der Waals surface area (Å²) in [7, 11) is 0. The maximum atomic E-state index is 11.7. The van der Waals surface area contributed by atoms with Crippen molar-refractivity contribution in [2.45, 2.75) is 103 Å². The predicted molar refractivity (Wildman–Crippen MR) is 112 cm³/mol. The number of esters is 2. The normalized spacial score (nSPS) is 39.4. The summed E-state index contributed by atoms with van der Waals surface area (Å²) < 4.78 is 60.5. The summed E-state index contributed by atoms with van der Waals surface area (Å²) in [6, 6.07) is -0.0831. The van der Waals surface area contributed by atoms with Gasteiger partial charge in [-0.3, -0.25) is 9.59 Å². The van der Waals surface area contributed by atoms with E-state index in [9.17, 15) is 9.59 Å². The Bertz CT molecular complexity index is 519. The molecule has 2 saturated carbocycles. The molecule has 4 rings (SSSR count). The Balaban J connectivity index is -0.000000216. The first-order valence-corrected chi connectivity index (χ1v) is 10.5. The molecule has 0 aromatic carbocycles. The second-order valence-corrected chi connectivity index (χ2v) is 8.97. The summed E-state index contributed by atoms with van der Waals surface area (Å²) in [5.74, 6) is 0.444. The fourth-order valence-corrected chi connectivity index (χ4v) is 5.53. The Morgan fingerprint density at radius 2 is 1.23 bits per heavy atom. The molecule has 0 aromatic rings. The summed E-state index contributed by atoms with van der Waals surface area (Å²) in [5.41, 5.74) is 5.61. The highest BCUT2D eigenvalue weighted by Gasteiger charge is 2.54.